The molecule has 2 aromatic carbocycles. The van der Waals surface area contributed by atoms with E-state index in [4.69, 9.17) is 9.47 Å². The average Bonchev–Trinajstić information content (AvgIpc) is 2.87. The molecule has 0 unspecified atom stereocenters. The molecular weight excluding hydrogens is 419 g/mol. The summed E-state index contributed by atoms with van der Waals surface area (Å²) in [4.78, 5) is 26.5. The summed E-state index contributed by atoms with van der Waals surface area (Å²) >= 11 is 3.18. The molecule has 1 saturated heterocycles. The first kappa shape index (κ1) is 19.2. The molecule has 0 saturated carbocycles. The van der Waals surface area contributed by atoms with Crippen LogP contribution in [0, 0.1) is 5.82 Å². The van der Waals surface area contributed by atoms with Gasteiger partial charge in [-0.25, -0.2) is 9.18 Å². The van der Waals surface area contributed by atoms with Gasteiger partial charge in [-0.1, -0.05) is 28.1 Å². The molecular formula is C19H18BrFN2O4. The van der Waals surface area contributed by atoms with E-state index < -0.39 is 23.3 Å². The third-order valence-electron chi connectivity index (χ3n) is 4.58. The molecule has 6 nitrogen and oxygen atoms in total. The van der Waals surface area contributed by atoms with E-state index in [-0.39, 0.29) is 12.1 Å². The van der Waals surface area contributed by atoms with Crippen LogP contribution in [-0.4, -0.2) is 31.1 Å². The van der Waals surface area contributed by atoms with Crippen LogP contribution in [0.2, 0.25) is 0 Å². The standard InChI is InChI=1S/C19H18BrFN2O4/c1-19(12-5-7-15(26-2)16(8-12)27-3)17(24)23(18(25)22-19)10-11-4-6-13(20)9-14(11)21/h4-9H,10H2,1-3H3,(H,22,25)/t19-/m0/s1. The number of carbonyl (C=O) groups is 2. The van der Waals surface area contributed by atoms with Gasteiger partial charge in [-0.2, -0.15) is 0 Å². The highest BCUT2D eigenvalue weighted by atomic mass is 79.9. The summed E-state index contributed by atoms with van der Waals surface area (Å²) in [6.45, 7) is 1.44. The van der Waals surface area contributed by atoms with Crippen molar-refractivity contribution in [3.05, 3.63) is 57.8 Å². The summed E-state index contributed by atoms with van der Waals surface area (Å²) in [7, 11) is 3.00. The fourth-order valence-corrected chi connectivity index (χ4v) is 3.34. The van der Waals surface area contributed by atoms with Gasteiger partial charge in [0.25, 0.3) is 5.91 Å². The lowest BCUT2D eigenvalue weighted by Gasteiger charge is -2.23. The fraction of sp³-hybridized carbons (Fsp3) is 0.263. The average molecular weight is 437 g/mol. The van der Waals surface area contributed by atoms with Crippen LogP contribution >= 0.6 is 15.9 Å². The molecule has 0 aromatic heterocycles. The first-order valence-electron chi connectivity index (χ1n) is 8.10. The zero-order chi connectivity index (χ0) is 19.8. The smallest absolute Gasteiger partial charge is 0.325 e. The second-order valence-corrected chi connectivity index (χ2v) is 7.17. The predicted octanol–water partition coefficient (Wildman–Crippen LogP) is 3.57. The third-order valence-corrected chi connectivity index (χ3v) is 5.07. The minimum atomic E-state index is -1.29. The van der Waals surface area contributed by atoms with Crippen molar-refractivity contribution in [2.75, 3.05) is 14.2 Å². The lowest BCUT2D eigenvalue weighted by atomic mass is 9.91. The molecule has 0 spiro atoms. The largest absolute Gasteiger partial charge is 0.493 e. The van der Waals surface area contributed by atoms with Crippen LogP contribution in [0.5, 0.6) is 11.5 Å². The molecule has 0 aliphatic carbocycles. The van der Waals surface area contributed by atoms with Crippen molar-refractivity contribution in [3.8, 4) is 11.5 Å². The van der Waals surface area contributed by atoms with E-state index in [1.807, 2.05) is 0 Å². The normalized spacial score (nSPS) is 19.2. The molecule has 0 radical (unpaired) electrons. The number of nitrogens with one attached hydrogen (secondary N) is 1. The Morgan fingerprint density at radius 2 is 1.81 bits per heavy atom. The number of hydrogen-bond donors (Lipinski definition) is 1. The fourth-order valence-electron chi connectivity index (χ4n) is 3.00. The number of benzene rings is 2. The highest BCUT2D eigenvalue weighted by Gasteiger charge is 2.49. The molecule has 1 N–H and O–H groups in total. The van der Waals surface area contributed by atoms with Gasteiger partial charge >= 0.3 is 6.03 Å². The lowest BCUT2D eigenvalue weighted by Crippen LogP contribution is -2.40. The van der Waals surface area contributed by atoms with E-state index in [9.17, 15) is 14.0 Å². The lowest BCUT2D eigenvalue weighted by molar-refractivity contribution is -0.131. The van der Waals surface area contributed by atoms with Crippen LogP contribution in [0.15, 0.2) is 40.9 Å². The van der Waals surface area contributed by atoms with Gasteiger partial charge in [0.05, 0.1) is 20.8 Å². The Labute approximate surface area is 164 Å². The minimum absolute atomic E-state index is 0.160. The van der Waals surface area contributed by atoms with Crippen molar-refractivity contribution < 1.29 is 23.5 Å². The number of ether oxygens (including phenoxy) is 2. The van der Waals surface area contributed by atoms with Crippen molar-refractivity contribution in [1.82, 2.24) is 10.2 Å². The summed E-state index contributed by atoms with van der Waals surface area (Å²) in [6.07, 6.45) is 0. The summed E-state index contributed by atoms with van der Waals surface area (Å²) < 4.78 is 25.2. The summed E-state index contributed by atoms with van der Waals surface area (Å²) in [5.74, 6) is -0.0159. The topological polar surface area (TPSA) is 67.9 Å². The highest BCUT2D eigenvalue weighted by molar-refractivity contribution is 9.10. The van der Waals surface area contributed by atoms with Crippen LogP contribution in [-0.2, 0) is 16.9 Å². The van der Waals surface area contributed by atoms with Gasteiger partial charge in [0, 0.05) is 10.0 Å². The number of methoxy groups -OCH3 is 2. The number of halogens is 2. The number of imide groups is 1. The predicted molar refractivity (Wildman–Crippen MR) is 100 cm³/mol. The summed E-state index contributed by atoms with van der Waals surface area (Å²) in [5.41, 5.74) is -0.502. The van der Waals surface area contributed by atoms with E-state index in [0.29, 0.717) is 21.5 Å². The van der Waals surface area contributed by atoms with Crippen LogP contribution in [0.3, 0.4) is 0 Å². The van der Waals surface area contributed by atoms with Crippen molar-refractivity contribution in [2.45, 2.75) is 19.0 Å². The van der Waals surface area contributed by atoms with Crippen LogP contribution in [0.25, 0.3) is 0 Å². The molecule has 1 atom stereocenters. The van der Waals surface area contributed by atoms with Gasteiger partial charge < -0.3 is 14.8 Å². The Kier molecular flexibility index (Phi) is 5.10. The Hall–Kier alpha value is -2.61. The van der Waals surface area contributed by atoms with Crippen LogP contribution < -0.4 is 14.8 Å². The molecule has 1 fully saturated rings. The molecule has 1 heterocycles. The van der Waals surface area contributed by atoms with Gasteiger partial charge in [-0.05, 0) is 36.8 Å². The van der Waals surface area contributed by atoms with Gasteiger partial charge in [-0.15, -0.1) is 0 Å². The van der Waals surface area contributed by atoms with Crippen LogP contribution in [0.4, 0.5) is 9.18 Å². The van der Waals surface area contributed by atoms with Gasteiger partial charge in [0.1, 0.15) is 11.4 Å². The second-order valence-electron chi connectivity index (χ2n) is 6.25. The highest BCUT2D eigenvalue weighted by Crippen LogP contribution is 2.36. The molecule has 0 bridgehead atoms. The number of hydrogen-bond acceptors (Lipinski definition) is 4. The first-order valence-corrected chi connectivity index (χ1v) is 8.90. The SMILES string of the molecule is COc1ccc([C@]2(C)NC(=O)N(Cc3ccc(Br)cc3F)C2=O)cc1OC. The maximum absolute atomic E-state index is 14.1. The molecule has 1 aliphatic heterocycles. The number of nitrogens with zero attached hydrogens (tertiary/aromatic N) is 1. The van der Waals surface area contributed by atoms with E-state index in [0.717, 1.165) is 4.90 Å². The maximum atomic E-state index is 14.1. The number of urea groups is 1. The Bertz CT molecular complexity index is 921. The molecule has 8 heteroatoms. The Balaban J connectivity index is 1.92. The minimum Gasteiger partial charge on any atom is -0.493 e. The summed E-state index contributed by atoms with van der Waals surface area (Å²) in [6, 6.07) is 8.89. The quantitative estimate of drug-likeness (QED) is 0.727. The second kappa shape index (κ2) is 7.19. The van der Waals surface area contributed by atoms with E-state index in [1.165, 1.54) is 26.4 Å². The number of rotatable bonds is 5. The monoisotopic (exact) mass is 436 g/mol. The maximum Gasteiger partial charge on any atom is 0.325 e. The Morgan fingerprint density at radius 3 is 2.44 bits per heavy atom. The van der Waals surface area contributed by atoms with Crippen molar-refractivity contribution in [2.24, 2.45) is 0 Å². The van der Waals surface area contributed by atoms with Gasteiger partial charge in [-0.3, -0.25) is 9.69 Å². The Morgan fingerprint density at radius 1 is 1.11 bits per heavy atom. The zero-order valence-corrected chi connectivity index (χ0v) is 16.6. The molecule has 3 amide bonds. The summed E-state index contributed by atoms with van der Waals surface area (Å²) in [5, 5.41) is 2.70. The molecule has 3 rings (SSSR count). The zero-order valence-electron chi connectivity index (χ0n) is 15.0. The first-order chi connectivity index (χ1) is 12.8. The molecule has 27 heavy (non-hydrogen) atoms. The number of carbonyl (C=O) groups excluding carboxylic acids is 2. The molecule has 142 valence electrons. The van der Waals surface area contributed by atoms with Gasteiger partial charge in [0.2, 0.25) is 0 Å². The molecule has 1 aliphatic rings. The van der Waals surface area contributed by atoms with E-state index >= 15 is 0 Å². The molecule has 2 aromatic rings. The van der Waals surface area contributed by atoms with E-state index in [2.05, 4.69) is 21.2 Å². The van der Waals surface area contributed by atoms with Crippen molar-refractivity contribution >= 4 is 27.9 Å². The van der Waals surface area contributed by atoms with E-state index in [1.54, 1.807) is 31.2 Å². The van der Waals surface area contributed by atoms with Crippen molar-refractivity contribution in [3.63, 3.8) is 0 Å². The van der Waals surface area contributed by atoms with Crippen LogP contribution in [0.1, 0.15) is 18.1 Å². The van der Waals surface area contributed by atoms with Gasteiger partial charge in [0.15, 0.2) is 11.5 Å². The third kappa shape index (κ3) is 3.37. The van der Waals surface area contributed by atoms with Crippen molar-refractivity contribution in [1.29, 1.82) is 0 Å². The number of amides is 3.